The first-order valence-corrected chi connectivity index (χ1v) is 6.13. The molecule has 0 aliphatic carbocycles. The molecule has 0 aliphatic rings. The Morgan fingerprint density at radius 3 is 2.56 bits per heavy atom. The van der Waals surface area contributed by atoms with Crippen molar-refractivity contribution in [3.63, 3.8) is 0 Å². The molecule has 3 nitrogen and oxygen atoms in total. The quantitative estimate of drug-likeness (QED) is 0.498. The zero-order valence-corrected chi connectivity index (χ0v) is 9.98. The Morgan fingerprint density at radius 1 is 1.12 bits per heavy atom. The lowest BCUT2D eigenvalue weighted by atomic mass is 10.1. The van der Waals surface area contributed by atoms with E-state index in [9.17, 15) is 4.79 Å². The zero-order valence-electron chi connectivity index (χ0n) is 9.98. The normalized spacial score (nSPS) is 10.3. The van der Waals surface area contributed by atoms with Crippen molar-refractivity contribution in [3.8, 4) is 0 Å². The summed E-state index contributed by atoms with van der Waals surface area (Å²) in [6, 6.07) is 0. The van der Waals surface area contributed by atoms with E-state index >= 15 is 0 Å². The number of hydrogen-bond acceptors (Lipinski definition) is 3. The second-order valence-electron chi connectivity index (χ2n) is 4.03. The Bertz CT molecular complexity index is 298. The summed E-state index contributed by atoms with van der Waals surface area (Å²) in [5.41, 5.74) is 0.496. The lowest BCUT2D eigenvalue weighted by Gasteiger charge is -2.00. The number of nitrogens with zero attached hydrogens (tertiary/aromatic N) is 2. The van der Waals surface area contributed by atoms with Crippen LogP contribution in [0.1, 0.15) is 62.4 Å². The topological polar surface area (TPSA) is 42.9 Å². The number of carbonyl (C=O) groups excluding carboxylic acids is 1. The highest BCUT2D eigenvalue weighted by Gasteiger charge is 2.05. The molecule has 0 amide bonds. The van der Waals surface area contributed by atoms with Crippen molar-refractivity contribution >= 4 is 5.78 Å². The third-order valence-electron chi connectivity index (χ3n) is 2.61. The van der Waals surface area contributed by atoms with Gasteiger partial charge in [-0.15, -0.1) is 0 Å². The van der Waals surface area contributed by atoms with Crippen molar-refractivity contribution in [1.82, 2.24) is 9.97 Å². The molecule has 0 aromatic carbocycles. The van der Waals surface area contributed by atoms with Crippen LogP contribution >= 0.6 is 0 Å². The lowest BCUT2D eigenvalue weighted by Crippen LogP contribution is -2.02. The molecule has 0 N–H and O–H groups in total. The van der Waals surface area contributed by atoms with Crippen molar-refractivity contribution in [1.29, 1.82) is 0 Å². The minimum atomic E-state index is 0.114. The van der Waals surface area contributed by atoms with Crippen molar-refractivity contribution < 1.29 is 4.79 Å². The van der Waals surface area contributed by atoms with E-state index in [0.717, 1.165) is 12.8 Å². The first-order valence-electron chi connectivity index (χ1n) is 6.13. The Morgan fingerprint density at radius 2 is 1.88 bits per heavy atom. The predicted molar refractivity (Wildman–Crippen MR) is 64.4 cm³/mol. The predicted octanol–water partition coefficient (Wildman–Crippen LogP) is 3.41. The molecule has 1 aromatic rings. The molecule has 0 unspecified atom stereocenters. The van der Waals surface area contributed by atoms with Crippen LogP contribution in [0.15, 0.2) is 18.6 Å². The average Bonchev–Trinajstić information content (AvgIpc) is 2.34. The van der Waals surface area contributed by atoms with Crippen LogP contribution in [-0.2, 0) is 0 Å². The molecule has 0 saturated heterocycles. The lowest BCUT2D eigenvalue weighted by molar-refractivity contribution is 0.0974. The first kappa shape index (κ1) is 12.8. The molecule has 1 aromatic heterocycles. The summed E-state index contributed by atoms with van der Waals surface area (Å²) in [5, 5.41) is 0. The zero-order chi connectivity index (χ0) is 11.6. The Balaban J connectivity index is 2.12. The molecule has 0 aliphatic heterocycles. The largest absolute Gasteiger partial charge is 0.292 e. The van der Waals surface area contributed by atoms with Crippen LogP contribution in [0.5, 0.6) is 0 Å². The standard InChI is InChI=1S/C13H20N2O/c1-2-3-4-5-6-7-8-13(16)12-11-14-9-10-15-12/h9-11H,2-8H2,1H3. The molecular weight excluding hydrogens is 200 g/mol. The Kier molecular flexibility index (Phi) is 6.38. The molecule has 88 valence electrons. The molecule has 0 atom stereocenters. The Hall–Kier alpha value is -1.25. The molecule has 0 radical (unpaired) electrons. The highest BCUT2D eigenvalue weighted by Crippen LogP contribution is 2.09. The minimum Gasteiger partial charge on any atom is -0.292 e. The summed E-state index contributed by atoms with van der Waals surface area (Å²) in [6.45, 7) is 2.21. The van der Waals surface area contributed by atoms with Crippen molar-refractivity contribution in [2.45, 2.75) is 51.9 Å². The van der Waals surface area contributed by atoms with Crippen LogP contribution in [0.2, 0.25) is 0 Å². The van der Waals surface area contributed by atoms with E-state index in [-0.39, 0.29) is 5.78 Å². The molecule has 0 spiro atoms. The second kappa shape index (κ2) is 7.97. The number of rotatable bonds is 8. The van der Waals surface area contributed by atoms with Crippen LogP contribution in [0.4, 0.5) is 0 Å². The second-order valence-corrected chi connectivity index (χ2v) is 4.03. The van der Waals surface area contributed by atoms with Gasteiger partial charge in [-0.2, -0.15) is 0 Å². The number of ketones is 1. The van der Waals surface area contributed by atoms with Gasteiger partial charge in [-0.3, -0.25) is 9.78 Å². The van der Waals surface area contributed by atoms with Crippen LogP contribution in [0, 0.1) is 0 Å². The molecule has 0 bridgehead atoms. The van der Waals surface area contributed by atoms with E-state index in [1.807, 2.05) is 0 Å². The van der Waals surface area contributed by atoms with Gasteiger partial charge in [0.2, 0.25) is 0 Å². The highest BCUT2D eigenvalue weighted by molar-refractivity contribution is 5.93. The number of unbranched alkanes of at least 4 members (excludes halogenated alkanes) is 5. The van der Waals surface area contributed by atoms with Crippen LogP contribution in [-0.4, -0.2) is 15.8 Å². The van der Waals surface area contributed by atoms with Crippen LogP contribution in [0.3, 0.4) is 0 Å². The smallest absolute Gasteiger partial charge is 0.182 e. The van der Waals surface area contributed by atoms with Gasteiger partial charge in [0.15, 0.2) is 5.78 Å². The highest BCUT2D eigenvalue weighted by atomic mass is 16.1. The van der Waals surface area contributed by atoms with E-state index < -0.39 is 0 Å². The summed E-state index contributed by atoms with van der Waals surface area (Å²) in [7, 11) is 0. The van der Waals surface area contributed by atoms with E-state index in [1.54, 1.807) is 18.6 Å². The van der Waals surface area contributed by atoms with E-state index in [4.69, 9.17) is 0 Å². The molecule has 1 rings (SSSR count). The van der Waals surface area contributed by atoms with Crippen LogP contribution < -0.4 is 0 Å². The van der Waals surface area contributed by atoms with E-state index in [1.165, 1.54) is 25.7 Å². The summed E-state index contributed by atoms with van der Waals surface area (Å²) in [6.07, 6.45) is 12.5. The maximum atomic E-state index is 11.6. The van der Waals surface area contributed by atoms with Gasteiger partial charge in [-0.25, -0.2) is 4.98 Å². The van der Waals surface area contributed by atoms with E-state index in [0.29, 0.717) is 12.1 Å². The van der Waals surface area contributed by atoms with Gasteiger partial charge >= 0.3 is 0 Å². The first-order chi connectivity index (χ1) is 7.84. The molecule has 3 heteroatoms. The monoisotopic (exact) mass is 220 g/mol. The van der Waals surface area contributed by atoms with Gasteiger partial charge in [-0.05, 0) is 6.42 Å². The fourth-order valence-electron chi connectivity index (χ4n) is 1.64. The number of aromatic nitrogens is 2. The van der Waals surface area contributed by atoms with Gasteiger partial charge in [0.1, 0.15) is 5.69 Å². The summed E-state index contributed by atoms with van der Waals surface area (Å²) in [4.78, 5) is 19.5. The fourth-order valence-corrected chi connectivity index (χ4v) is 1.64. The maximum Gasteiger partial charge on any atom is 0.182 e. The fraction of sp³-hybridized carbons (Fsp3) is 0.615. The van der Waals surface area contributed by atoms with Gasteiger partial charge in [0.25, 0.3) is 0 Å². The number of carbonyl (C=O) groups is 1. The van der Waals surface area contributed by atoms with Crippen molar-refractivity contribution in [2.24, 2.45) is 0 Å². The molecule has 0 saturated carbocycles. The summed E-state index contributed by atoms with van der Waals surface area (Å²) in [5.74, 6) is 0.114. The van der Waals surface area contributed by atoms with Gasteiger partial charge in [-0.1, -0.05) is 39.0 Å². The SMILES string of the molecule is CCCCCCCCC(=O)c1cnccn1. The maximum absolute atomic E-state index is 11.6. The molecule has 16 heavy (non-hydrogen) atoms. The van der Waals surface area contributed by atoms with Crippen molar-refractivity contribution in [2.75, 3.05) is 0 Å². The number of Topliss-reactive ketones (excluding diaryl/α,β-unsaturated/α-hetero) is 1. The van der Waals surface area contributed by atoms with Gasteiger partial charge in [0.05, 0.1) is 6.20 Å². The molecule has 1 heterocycles. The van der Waals surface area contributed by atoms with Crippen LogP contribution in [0.25, 0.3) is 0 Å². The Labute approximate surface area is 97.3 Å². The number of hydrogen-bond donors (Lipinski definition) is 0. The van der Waals surface area contributed by atoms with Gasteiger partial charge < -0.3 is 0 Å². The minimum absolute atomic E-state index is 0.114. The summed E-state index contributed by atoms with van der Waals surface area (Å²) >= 11 is 0. The van der Waals surface area contributed by atoms with Crippen molar-refractivity contribution in [3.05, 3.63) is 24.3 Å². The molecular formula is C13H20N2O. The van der Waals surface area contributed by atoms with E-state index in [2.05, 4.69) is 16.9 Å². The summed E-state index contributed by atoms with van der Waals surface area (Å²) < 4.78 is 0. The third kappa shape index (κ3) is 5.01. The average molecular weight is 220 g/mol. The molecule has 0 fully saturated rings. The third-order valence-corrected chi connectivity index (χ3v) is 2.61. The van der Waals surface area contributed by atoms with Gasteiger partial charge in [0, 0.05) is 18.8 Å².